The lowest BCUT2D eigenvalue weighted by Gasteiger charge is -2.27. The van der Waals surface area contributed by atoms with Gasteiger partial charge in [0.15, 0.2) is 11.5 Å². The number of carbonyl (C=O) groups is 2. The Hall–Kier alpha value is -3.23. The maximum Gasteiger partial charge on any atom is 0.295 e. The molecule has 0 spiro atoms. The molecule has 1 fully saturated rings. The van der Waals surface area contributed by atoms with Gasteiger partial charge in [0.05, 0.1) is 43.5 Å². The molecule has 1 atom stereocenters. The van der Waals surface area contributed by atoms with Crippen LogP contribution in [0.25, 0.3) is 5.76 Å². The molecule has 0 aliphatic carbocycles. The number of nitrogens with zero attached hydrogens (tertiary/aromatic N) is 1. The molecule has 1 saturated heterocycles. The second kappa shape index (κ2) is 10.8. The van der Waals surface area contributed by atoms with Crippen LogP contribution in [0.1, 0.15) is 29.2 Å². The minimum absolute atomic E-state index is 0.0889. The highest BCUT2D eigenvalue weighted by Gasteiger charge is 2.47. The van der Waals surface area contributed by atoms with Crippen LogP contribution in [0.4, 0.5) is 0 Å². The Kier molecular flexibility index (Phi) is 8.06. The molecule has 0 aromatic heterocycles. The third-order valence-electron chi connectivity index (χ3n) is 5.66. The summed E-state index contributed by atoms with van der Waals surface area (Å²) in [6, 6.07) is 7.58. The predicted octanol–water partition coefficient (Wildman–Crippen LogP) is 4.13. The first kappa shape index (κ1) is 25.4. The van der Waals surface area contributed by atoms with Crippen LogP contribution in [0, 0.1) is 6.92 Å². The number of rotatable bonds is 9. The number of amides is 1. The second-order valence-electron chi connectivity index (χ2n) is 7.75. The van der Waals surface area contributed by atoms with Crippen LogP contribution in [-0.4, -0.2) is 63.3 Å². The van der Waals surface area contributed by atoms with Crippen LogP contribution in [0.3, 0.4) is 0 Å². The van der Waals surface area contributed by atoms with E-state index in [9.17, 15) is 14.7 Å². The maximum absolute atomic E-state index is 13.3. The van der Waals surface area contributed by atoms with Crippen LogP contribution in [0.2, 0.25) is 5.02 Å². The van der Waals surface area contributed by atoms with Gasteiger partial charge in [-0.05, 0) is 37.1 Å². The zero-order valence-electron chi connectivity index (χ0n) is 19.8. The van der Waals surface area contributed by atoms with Gasteiger partial charge in [0.1, 0.15) is 11.5 Å². The molecule has 1 N–H and O–H groups in total. The third kappa shape index (κ3) is 4.56. The molecule has 0 saturated carbocycles. The van der Waals surface area contributed by atoms with E-state index in [4.69, 9.17) is 30.5 Å². The first-order valence-corrected chi connectivity index (χ1v) is 11.0. The van der Waals surface area contributed by atoms with Gasteiger partial charge in [0.25, 0.3) is 11.7 Å². The number of likely N-dealkylation sites (tertiary alicyclic amines) is 1. The highest BCUT2D eigenvalue weighted by molar-refractivity contribution is 6.46. The maximum atomic E-state index is 13.3. The molecule has 0 bridgehead atoms. The van der Waals surface area contributed by atoms with Gasteiger partial charge in [-0.3, -0.25) is 9.59 Å². The van der Waals surface area contributed by atoms with Gasteiger partial charge in [-0.2, -0.15) is 0 Å². The summed E-state index contributed by atoms with van der Waals surface area (Å²) < 4.78 is 21.5. The van der Waals surface area contributed by atoms with Crippen molar-refractivity contribution in [3.05, 3.63) is 57.6 Å². The fraction of sp³-hybridized carbons (Fsp3) is 0.360. The summed E-state index contributed by atoms with van der Waals surface area (Å²) >= 11 is 6.33. The van der Waals surface area contributed by atoms with Gasteiger partial charge in [0.2, 0.25) is 0 Å². The van der Waals surface area contributed by atoms with Crippen molar-refractivity contribution >= 4 is 29.1 Å². The van der Waals surface area contributed by atoms with Crippen LogP contribution < -0.4 is 14.2 Å². The van der Waals surface area contributed by atoms with E-state index in [1.807, 2.05) is 0 Å². The normalized spacial score (nSPS) is 17.2. The minimum Gasteiger partial charge on any atom is -0.507 e. The number of aryl methyl sites for hydroxylation is 1. The molecule has 2 aromatic rings. The number of aliphatic hydroxyl groups is 1. The van der Waals surface area contributed by atoms with Crippen molar-refractivity contribution in [1.82, 2.24) is 4.90 Å². The topological polar surface area (TPSA) is 94.5 Å². The number of aliphatic hydroxyl groups excluding tert-OH is 1. The van der Waals surface area contributed by atoms with Crippen molar-refractivity contribution in [2.24, 2.45) is 0 Å². The van der Waals surface area contributed by atoms with E-state index < -0.39 is 17.7 Å². The Morgan fingerprint density at radius 1 is 1.06 bits per heavy atom. The zero-order chi connectivity index (χ0) is 25.0. The van der Waals surface area contributed by atoms with E-state index >= 15 is 0 Å². The number of carbonyl (C=O) groups excluding carboxylic acids is 2. The molecule has 1 amide bonds. The number of halogens is 1. The van der Waals surface area contributed by atoms with E-state index in [-0.39, 0.29) is 34.2 Å². The van der Waals surface area contributed by atoms with Crippen LogP contribution >= 0.6 is 11.6 Å². The summed E-state index contributed by atoms with van der Waals surface area (Å²) in [5.41, 5.74) is 1.37. The Balaban J connectivity index is 2.31. The summed E-state index contributed by atoms with van der Waals surface area (Å²) in [6.45, 7) is 2.42. The Labute approximate surface area is 203 Å². The van der Waals surface area contributed by atoms with E-state index in [1.54, 1.807) is 44.4 Å². The average Bonchev–Trinajstić information content (AvgIpc) is 3.07. The molecule has 182 valence electrons. The van der Waals surface area contributed by atoms with Gasteiger partial charge in [0, 0.05) is 25.8 Å². The van der Waals surface area contributed by atoms with Crippen molar-refractivity contribution < 1.29 is 33.6 Å². The van der Waals surface area contributed by atoms with Crippen molar-refractivity contribution in [2.45, 2.75) is 19.4 Å². The Morgan fingerprint density at radius 3 is 2.38 bits per heavy atom. The quantitative estimate of drug-likeness (QED) is 0.245. The fourth-order valence-corrected chi connectivity index (χ4v) is 4.55. The predicted molar refractivity (Wildman–Crippen MR) is 128 cm³/mol. The smallest absolute Gasteiger partial charge is 0.295 e. The van der Waals surface area contributed by atoms with E-state index in [0.717, 1.165) is 5.56 Å². The lowest BCUT2D eigenvalue weighted by molar-refractivity contribution is -0.140. The molecule has 1 aliphatic heterocycles. The number of para-hydroxylation sites is 1. The molecule has 34 heavy (non-hydrogen) atoms. The molecular weight excluding hydrogens is 462 g/mol. The number of benzene rings is 2. The molecule has 2 aromatic carbocycles. The first-order chi connectivity index (χ1) is 16.3. The summed E-state index contributed by atoms with van der Waals surface area (Å²) in [6.07, 6.45) is 0.492. The first-order valence-electron chi connectivity index (χ1n) is 10.6. The zero-order valence-corrected chi connectivity index (χ0v) is 20.6. The summed E-state index contributed by atoms with van der Waals surface area (Å²) in [5, 5.41) is 11.7. The van der Waals surface area contributed by atoms with Crippen LogP contribution in [0.15, 0.2) is 35.9 Å². The van der Waals surface area contributed by atoms with Gasteiger partial charge in [-0.25, -0.2) is 0 Å². The highest BCUT2D eigenvalue weighted by Crippen LogP contribution is 2.47. The average molecular weight is 490 g/mol. The monoisotopic (exact) mass is 489 g/mol. The van der Waals surface area contributed by atoms with Crippen molar-refractivity contribution in [3.63, 3.8) is 0 Å². The number of methoxy groups -OCH3 is 4. The van der Waals surface area contributed by atoms with Crippen molar-refractivity contribution in [1.29, 1.82) is 0 Å². The van der Waals surface area contributed by atoms with Gasteiger partial charge in [-0.1, -0.05) is 23.7 Å². The number of Topliss-reactive ketones (excluding diaryl/α,β-unsaturated/α-hetero) is 1. The molecule has 1 aliphatic rings. The van der Waals surface area contributed by atoms with Gasteiger partial charge < -0.3 is 29.0 Å². The molecule has 1 unspecified atom stereocenters. The number of ketones is 1. The number of ether oxygens (including phenoxy) is 4. The Morgan fingerprint density at radius 2 is 1.76 bits per heavy atom. The minimum atomic E-state index is -0.925. The lowest BCUT2D eigenvalue weighted by Crippen LogP contribution is -2.31. The Bertz CT molecular complexity index is 1130. The van der Waals surface area contributed by atoms with Gasteiger partial charge >= 0.3 is 0 Å². The van der Waals surface area contributed by atoms with Crippen molar-refractivity contribution in [2.75, 3.05) is 41.6 Å². The second-order valence-corrected chi connectivity index (χ2v) is 8.16. The molecule has 3 rings (SSSR count). The van der Waals surface area contributed by atoms with E-state index in [1.165, 1.54) is 26.2 Å². The molecule has 9 heteroatoms. The third-order valence-corrected chi connectivity index (χ3v) is 5.94. The highest BCUT2D eigenvalue weighted by atomic mass is 35.5. The van der Waals surface area contributed by atoms with Crippen LogP contribution in [0.5, 0.6) is 17.2 Å². The van der Waals surface area contributed by atoms with Crippen molar-refractivity contribution in [3.8, 4) is 17.2 Å². The SMILES string of the molecule is COCCCN1C(=O)C(=O)/C(=C(/O)c2cc(C)cc(Cl)c2OC)C1c1cccc(OC)c1OC. The summed E-state index contributed by atoms with van der Waals surface area (Å²) in [7, 11) is 5.95. The molecule has 1 heterocycles. The lowest BCUT2D eigenvalue weighted by atomic mass is 9.93. The standard InChI is InChI=1S/C25H28ClNO7/c1-14-12-16(23(33-4)17(26)13-14)21(28)19-20(15-8-6-9-18(32-3)24(15)34-5)27(10-7-11-31-2)25(30)22(19)29/h6,8-9,12-13,20,28H,7,10-11H2,1-5H3/b21-19+. The molecular formula is C25H28ClNO7. The van der Waals surface area contributed by atoms with E-state index in [2.05, 4.69) is 0 Å². The van der Waals surface area contributed by atoms with Gasteiger partial charge in [-0.15, -0.1) is 0 Å². The largest absolute Gasteiger partial charge is 0.507 e. The summed E-state index contributed by atoms with van der Waals surface area (Å²) in [5.74, 6) is -0.946. The van der Waals surface area contributed by atoms with E-state index in [0.29, 0.717) is 30.1 Å². The number of hydrogen-bond acceptors (Lipinski definition) is 7. The summed E-state index contributed by atoms with van der Waals surface area (Å²) in [4.78, 5) is 27.8. The fourth-order valence-electron chi connectivity index (χ4n) is 4.20. The number of hydrogen-bond donors (Lipinski definition) is 1. The van der Waals surface area contributed by atoms with Crippen LogP contribution in [-0.2, 0) is 14.3 Å². The molecule has 8 nitrogen and oxygen atoms in total. The molecule has 0 radical (unpaired) electrons.